The van der Waals surface area contributed by atoms with Crippen molar-refractivity contribution in [2.75, 3.05) is 44.2 Å². The van der Waals surface area contributed by atoms with Crippen molar-refractivity contribution in [3.8, 4) is 5.75 Å². The predicted molar refractivity (Wildman–Crippen MR) is 116 cm³/mol. The molecule has 0 spiro atoms. The molecular weight excluding hydrogens is 372 g/mol. The van der Waals surface area contributed by atoms with Gasteiger partial charge < -0.3 is 19.6 Å². The topological polar surface area (TPSA) is 37.1 Å². The quantitative estimate of drug-likeness (QED) is 0.778. The molecule has 0 saturated carbocycles. The summed E-state index contributed by atoms with van der Waals surface area (Å²) in [6.07, 6.45) is -0.472. The van der Waals surface area contributed by atoms with Crippen LogP contribution in [0.2, 0.25) is 5.02 Å². The number of halogens is 1. The standard InChI is InChI=1S/C23H31ClN2O2/c1-23(2,3)21-9-4-5-10-22(21)28-17-20(27)16-25-11-13-26(14-12-25)19-8-6-7-18(24)15-19/h4-10,15,20,27H,11-14,16-17H2,1-3H3/p+1/t20-/m1/s1. The minimum atomic E-state index is -0.472. The fourth-order valence-electron chi connectivity index (χ4n) is 3.75. The van der Waals surface area contributed by atoms with Crippen LogP contribution in [0.5, 0.6) is 5.75 Å². The van der Waals surface area contributed by atoms with Crippen LogP contribution in [0, 0.1) is 0 Å². The Kier molecular flexibility index (Phi) is 6.86. The molecule has 1 saturated heterocycles. The molecule has 1 atom stereocenters. The molecule has 1 fully saturated rings. The van der Waals surface area contributed by atoms with Gasteiger partial charge in [0.2, 0.25) is 0 Å². The monoisotopic (exact) mass is 403 g/mol. The van der Waals surface area contributed by atoms with E-state index in [1.54, 1.807) is 0 Å². The van der Waals surface area contributed by atoms with E-state index in [-0.39, 0.29) is 5.41 Å². The van der Waals surface area contributed by atoms with E-state index in [1.165, 1.54) is 16.2 Å². The van der Waals surface area contributed by atoms with Crippen molar-refractivity contribution in [2.45, 2.75) is 32.3 Å². The highest BCUT2D eigenvalue weighted by Gasteiger charge is 2.24. The Hall–Kier alpha value is -1.75. The smallest absolute Gasteiger partial charge is 0.137 e. The van der Waals surface area contributed by atoms with Crippen LogP contribution in [-0.4, -0.2) is 50.5 Å². The summed E-state index contributed by atoms with van der Waals surface area (Å²) in [7, 11) is 0. The van der Waals surface area contributed by atoms with Gasteiger partial charge in [-0.05, 0) is 35.2 Å². The first-order valence-corrected chi connectivity index (χ1v) is 10.4. The predicted octanol–water partition coefficient (Wildman–Crippen LogP) is 2.78. The van der Waals surface area contributed by atoms with Crippen molar-refractivity contribution in [3.05, 3.63) is 59.1 Å². The van der Waals surface area contributed by atoms with Crippen molar-refractivity contribution in [3.63, 3.8) is 0 Å². The summed E-state index contributed by atoms with van der Waals surface area (Å²) in [4.78, 5) is 3.77. The fourth-order valence-corrected chi connectivity index (χ4v) is 3.93. The Morgan fingerprint density at radius 3 is 2.50 bits per heavy atom. The molecule has 1 aliphatic rings. The molecule has 0 unspecified atom stereocenters. The van der Waals surface area contributed by atoms with Crippen LogP contribution in [0.15, 0.2) is 48.5 Å². The molecule has 5 heteroatoms. The molecule has 2 aromatic rings. The van der Waals surface area contributed by atoms with Gasteiger partial charge in [0.15, 0.2) is 0 Å². The first-order valence-electron chi connectivity index (χ1n) is 10.1. The van der Waals surface area contributed by atoms with Gasteiger partial charge in [-0.15, -0.1) is 0 Å². The Morgan fingerprint density at radius 2 is 1.82 bits per heavy atom. The van der Waals surface area contributed by atoms with E-state index in [0.717, 1.165) is 37.0 Å². The van der Waals surface area contributed by atoms with E-state index in [0.29, 0.717) is 13.2 Å². The van der Waals surface area contributed by atoms with Crippen LogP contribution in [0.1, 0.15) is 26.3 Å². The number of aliphatic hydroxyl groups excluding tert-OH is 1. The Morgan fingerprint density at radius 1 is 1.11 bits per heavy atom. The average molecular weight is 404 g/mol. The largest absolute Gasteiger partial charge is 0.490 e. The highest BCUT2D eigenvalue weighted by molar-refractivity contribution is 6.30. The molecule has 2 aromatic carbocycles. The SMILES string of the molecule is CC(C)(C)c1ccccc1OC[C@H](O)C[NH+]1CCN(c2cccc(Cl)c2)CC1. The van der Waals surface area contributed by atoms with Gasteiger partial charge in [0.1, 0.15) is 25.0 Å². The number of anilines is 1. The summed E-state index contributed by atoms with van der Waals surface area (Å²) in [6.45, 7) is 11.5. The highest BCUT2D eigenvalue weighted by atomic mass is 35.5. The molecule has 0 aromatic heterocycles. The molecule has 4 nitrogen and oxygen atoms in total. The molecule has 0 bridgehead atoms. The van der Waals surface area contributed by atoms with Gasteiger partial charge in [0, 0.05) is 10.7 Å². The Bertz CT molecular complexity index is 767. The lowest BCUT2D eigenvalue weighted by molar-refractivity contribution is -0.903. The molecule has 3 rings (SSSR count). The highest BCUT2D eigenvalue weighted by Crippen LogP contribution is 2.30. The molecule has 1 heterocycles. The van der Waals surface area contributed by atoms with Crippen LogP contribution in [0.25, 0.3) is 0 Å². The third-order valence-electron chi connectivity index (χ3n) is 5.29. The normalized spacial score (nSPS) is 16.8. The van der Waals surface area contributed by atoms with Crippen LogP contribution in [0.4, 0.5) is 5.69 Å². The van der Waals surface area contributed by atoms with Gasteiger partial charge in [0.25, 0.3) is 0 Å². The van der Waals surface area contributed by atoms with Crippen LogP contribution in [0.3, 0.4) is 0 Å². The second kappa shape index (κ2) is 9.17. The molecule has 1 aliphatic heterocycles. The number of benzene rings is 2. The summed E-state index contributed by atoms with van der Waals surface area (Å²) < 4.78 is 5.98. The lowest BCUT2D eigenvalue weighted by atomic mass is 9.86. The van der Waals surface area contributed by atoms with E-state index in [1.807, 2.05) is 36.4 Å². The maximum atomic E-state index is 10.5. The number of hydrogen-bond acceptors (Lipinski definition) is 3. The van der Waals surface area contributed by atoms with Crippen molar-refractivity contribution in [1.29, 1.82) is 0 Å². The zero-order chi connectivity index (χ0) is 20.1. The minimum absolute atomic E-state index is 0.0173. The summed E-state index contributed by atoms with van der Waals surface area (Å²) in [5, 5.41) is 11.3. The fraction of sp³-hybridized carbons (Fsp3) is 0.478. The number of para-hydroxylation sites is 1. The first kappa shape index (κ1) is 21.0. The van der Waals surface area contributed by atoms with Crippen LogP contribution in [-0.2, 0) is 5.41 Å². The van der Waals surface area contributed by atoms with Crippen molar-refractivity contribution in [2.24, 2.45) is 0 Å². The number of nitrogens with zero attached hydrogens (tertiary/aromatic N) is 1. The zero-order valence-corrected chi connectivity index (χ0v) is 17.9. The molecule has 2 N–H and O–H groups in total. The Balaban J connectivity index is 1.47. The second-order valence-corrected chi connectivity index (χ2v) is 9.07. The van der Waals surface area contributed by atoms with E-state index < -0.39 is 6.10 Å². The summed E-state index contributed by atoms with van der Waals surface area (Å²) in [5.74, 6) is 0.870. The zero-order valence-electron chi connectivity index (χ0n) is 17.1. The summed E-state index contributed by atoms with van der Waals surface area (Å²) in [6, 6.07) is 16.1. The van der Waals surface area contributed by atoms with Gasteiger partial charge in [-0.2, -0.15) is 0 Å². The van der Waals surface area contributed by atoms with Crippen molar-refractivity contribution < 1.29 is 14.7 Å². The maximum Gasteiger partial charge on any atom is 0.137 e. The molecule has 152 valence electrons. The molecule has 0 aliphatic carbocycles. The van der Waals surface area contributed by atoms with E-state index in [4.69, 9.17) is 16.3 Å². The third kappa shape index (κ3) is 5.63. The van der Waals surface area contributed by atoms with Crippen molar-refractivity contribution >= 4 is 17.3 Å². The summed E-state index contributed by atoms with van der Waals surface area (Å²) in [5.41, 5.74) is 2.36. The molecule has 0 radical (unpaired) electrons. The van der Waals surface area contributed by atoms with E-state index >= 15 is 0 Å². The molecule has 28 heavy (non-hydrogen) atoms. The number of piperazine rings is 1. The van der Waals surface area contributed by atoms with Crippen molar-refractivity contribution in [1.82, 2.24) is 0 Å². The number of hydrogen-bond donors (Lipinski definition) is 2. The lowest BCUT2D eigenvalue weighted by Gasteiger charge is -2.34. The number of ether oxygens (including phenoxy) is 1. The average Bonchev–Trinajstić information content (AvgIpc) is 2.66. The minimum Gasteiger partial charge on any atom is -0.490 e. The lowest BCUT2D eigenvalue weighted by Crippen LogP contribution is -3.16. The van der Waals surface area contributed by atoms with E-state index in [9.17, 15) is 5.11 Å². The number of aliphatic hydroxyl groups is 1. The van der Waals surface area contributed by atoms with Gasteiger partial charge in [-0.25, -0.2) is 0 Å². The third-order valence-corrected chi connectivity index (χ3v) is 5.53. The van der Waals surface area contributed by atoms with Gasteiger partial charge in [-0.1, -0.05) is 56.6 Å². The number of nitrogens with one attached hydrogen (secondary N) is 1. The number of quaternary nitrogens is 1. The Labute approximate surface area is 173 Å². The number of rotatable bonds is 6. The summed E-state index contributed by atoms with van der Waals surface area (Å²) >= 11 is 6.11. The molecule has 0 amide bonds. The van der Waals surface area contributed by atoms with Gasteiger partial charge >= 0.3 is 0 Å². The van der Waals surface area contributed by atoms with Crippen LogP contribution < -0.4 is 14.5 Å². The van der Waals surface area contributed by atoms with E-state index in [2.05, 4.69) is 37.8 Å². The van der Waals surface area contributed by atoms with Crippen LogP contribution >= 0.6 is 11.6 Å². The van der Waals surface area contributed by atoms with Gasteiger partial charge in [-0.3, -0.25) is 0 Å². The molecular formula is C23H32ClN2O2+. The second-order valence-electron chi connectivity index (χ2n) is 8.63. The first-order chi connectivity index (χ1) is 13.3. The van der Waals surface area contributed by atoms with Gasteiger partial charge in [0.05, 0.1) is 26.2 Å². The maximum absolute atomic E-state index is 10.5.